The zero-order valence-corrected chi connectivity index (χ0v) is 20.4. The van der Waals surface area contributed by atoms with Crippen molar-refractivity contribution in [1.82, 2.24) is 9.97 Å². The third-order valence-corrected chi connectivity index (χ3v) is 7.44. The molecule has 36 heavy (non-hydrogen) atoms. The summed E-state index contributed by atoms with van der Waals surface area (Å²) in [5.74, 6) is 0.336. The zero-order chi connectivity index (χ0) is 25.1. The van der Waals surface area contributed by atoms with E-state index in [-0.39, 0.29) is 11.5 Å². The molecule has 0 aliphatic heterocycles. The van der Waals surface area contributed by atoms with Gasteiger partial charge in [-0.25, -0.2) is 13.8 Å². The van der Waals surface area contributed by atoms with Crippen LogP contribution in [0, 0.1) is 23.5 Å². The Labute approximate surface area is 209 Å². The molecule has 1 fully saturated rings. The lowest BCUT2D eigenvalue weighted by molar-refractivity contribution is -0.142. The summed E-state index contributed by atoms with van der Waals surface area (Å²) < 4.78 is 32.3. The van der Waals surface area contributed by atoms with Gasteiger partial charge < -0.3 is 9.72 Å². The van der Waals surface area contributed by atoms with Crippen LogP contribution in [0.15, 0.2) is 60.7 Å². The van der Waals surface area contributed by atoms with E-state index in [1.807, 2.05) is 24.3 Å². The van der Waals surface area contributed by atoms with Crippen LogP contribution in [-0.2, 0) is 16.0 Å². The molecule has 0 spiro atoms. The first kappa shape index (κ1) is 24.2. The fourth-order valence-electron chi connectivity index (χ4n) is 5.28. The molecule has 1 aliphatic carbocycles. The number of carbonyl (C=O) groups is 1. The molecule has 0 radical (unpaired) electrons. The van der Waals surface area contributed by atoms with Crippen LogP contribution in [-0.4, -0.2) is 23.0 Å². The highest BCUT2D eigenvalue weighted by molar-refractivity contribution is 5.80. The Balaban J connectivity index is 1.17. The van der Waals surface area contributed by atoms with Gasteiger partial charge in [0.15, 0.2) is 5.82 Å². The number of fused-ring (bicyclic) bond motifs is 1. The highest BCUT2D eigenvalue weighted by Gasteiger charge is 2.23. The van der Waals surface area contributed by atoms with E-state index in [4.69, 9.17) is 4.74 Å². The molecule has 6 heteroatoms. The highest BCUT2D eigenvalue weighted by Crippen LogP contribution is 2.34. The van der Waals surface area contributed by atoms with E-state index in [0.717, 1.165) is 47.9 Å². The number of H-pyrrole nitrogens is 1. The summed E-state index contributed by atoms with van der Waals surface area (Å²) >= 11 is 0. The summed E-state index contributed by atoms with van der Waals surface area (Å²) in [5, 5.41) is 0. The fourth-order valence-corrected chi connectivity index (χ4v) is 5.28. The Morgan fingerprint density at radius 2 is 1.53 bits per heavy atom. The maximum Gasteiger partial charge on any atom is 0.305 e. The summed E-state index contributed by atoms with van der Waals surface area (Å²) in [6.45, 7) is 0. The smallest absolute Gasteiger partial charge is 0.305 e. The van der Waals surface area contributed by atoms with E-state index in [9.17, 15) is 13.6 Å². The van der Waals surface area contributed by atoms with Gasteiger partial charge in [-0.1, -0.05) is 61.4 Å². The van der Waals surface area contributed by atoms with Gasteiger partial charge in [0.05, 0.1) is 12.6 Å². The Bertz CT molecular complexity index is 1340. The molecule has 1 heterocycles. The SMILES string of the molecule is COC(=O)CC1CCC(CCc2ccc(-c3ccc(-c4nc5c(F)cc(F)cc5[nH]4)cc3)cc2)CC1. The number of hydrogen-bond donors (Lipinski definition) is 1. The van der Waals surface area contributed by atoms with Gasteiger partial charge in [-0.05, 0) is 60.3 Å². The molecule has 1 N–H and O–H groups in total. The molecule has 1 aromatic heterocycles. The van der Waals surface area contributed by atoms with E-state index in [1.165, 1.54) is 38.0 Å². The number of methoxy groups -OCH3 is 1. The van der Waals surface area contributed by atoms with Crippen molar-refractivity contribution < 1.29 is 18.3 Å². The average molecular weight is 489 g/mol. The van der Waals surface area contributed by atoms with Crippen LogP contribution in [0.5, 0.6) is 0 Å². The van der Waals surface area contributed by atoms with E-state index < -0.39 is 11.6 Å². The minimum absolute atomic E-state index is 0.0882. The standard InChI is InChI=1S/C30H30F2N2O2/c1-36-28(35)16-21-6-4-19(5-7-21)2-3-20-8-10-22(11-9-20)23-12-14-24(15-13-23)30-33-27-18-25(31)17-26(32)29(27)34-30/h8-15,17-19,21H,2-7,16H2,1H3,(H,33,34). The summed E-state index contributed by atoms with van der Waals surface area (Å²) in [5.41, 5.74) is 4.85. The van der Waals surface area contributed by atoms with E-state index in [1.54, 1.807) is 0 Å². The fraction of sp³-hybridized carbons (Fsp3) is 0.333. The van der Waals surface area contributed by atoms with Crippen molar-refractivity contribution in [2.45, 2.75) is 44.9 Å². The van der Waals surface area contributed by atoms with Crippen LogP contribution in [0.3, 0.4) is 0 Å². The highest BCUT2D eigenvalue weighted by atomic mass is 19.1. The second-order valence-electron chi connectivity index (χ2n) is 9.85. The van der Waals surface area contributed by atoms with Crippen LogP contribution >= 0.6 is 0 Å². The molecule has 186 valence electrons. The van der Waals surface area contributed by atoms with E-state index in [2.05, 4.69) is 34.2 Å². The lowest BCUT2D eigenvalue weighted by atomic mass is 9.78. The summed E-state index contributed by atoms with van der Waals surface area (Å²) in [7, 11) is 1.46. The molecule has 0 saturated heterocycles. The second kappa shape index (κ2) is 10.6. The Morgan fingerprint density at radius 3 is 2.19 bits per heavy atom. The van der Waals surface area contributed by atoms with Gasteiger partial charge in [0.2, 0.25) is 0 Å². The third kappa shape index (κ3) is 5.48. The number of aromatic nitrogens is 2. The molecule has 4 aromatic rings. The Kier molecular flexibility index (Phi) is 7.12. The van der Waals surface area contributed by atoms with Gasteiger partial charge in [0, 0.05) is 18.1 Å². The van der Waals surface area contributed by atoms with Gasteiger partial charge in [-0.15, -0.1) is 0 Å². The van der Waals surface area contributed by atoms with Crippen molar-refractivity contribution in [2.24, 2.45) is 11.8 Å². The number of nitrogens with zero attached hydrogens (tertiary/aromatic N) is 1. The van der Waals surface area contributed by atoms with E-state index >= 15 is 0 Å². The number of aromatic amines is 1. The summed E-state index contributed by atoms with van der Waals surface area (Å²) in [6.07, 6.45) is 7.43. The lowest BCUT2D eigenvalue weighted by Gasteiger charge is -2.27. The van der Waals surface area contributed by atoms with Crippen LogP contribution in [0.2, 0.25) is 0 Å². The van der Waals surface area contributed by atoms with Crippen molar-refractivity contribution in [1.29, 1.82) is 0 Å². The number of ether oxygens (including phenoxy) is 1. The molecule has 4 nitrogen and oxygen atoms in total. The number of halogens is 2. The molecular weight excluding hydrogens is 458 g/mol. The Morgan fingerprint density at radius 1 is 0.917 bits per heavy atom. The van der Waals surface area contributed by atoms with Gasteiger partial charge >= 0.3 is 5.97 Å². The predicted molar refractivity (Wildman–Crippen MR) is 137 cm³/mol. The molecule has 1 saturated carbocycles. The minimum atomic E-state index is -0.671. The second-order valence-corrected chi connectivity index (χ2v) is 9.85. The maximum absolute atomic E-state index is 14.0. The van der Waals surface area contributed by atoms with Gasteiger partial charge in [-0.2, -0.15) is 0 Å². The van der Waals surface area contributed by atoms with Crippen LogP contribution in [0.4, 0.5) is 8.78 Å². The number of hydrogen-bond acceptors (Lipinski definition) is 3. The molecule has 1 aliphatic rings. The van der Waals surface area contributed by atoms with Crippen molar-refractivity contribution in [3.63, 3.8) is 0 Å². The normalized spacial score (nSPS) is 17.9. The van der Waals surface area contributed by atoms with Crippen LogP contribution < -0.4 is 0 Å². The molecule has 3 aromatic carbocycles. The minimum Gasteiger partial charge on any atom is -0.469 e. The lowest BCUT2D eigenvalue weighted by Crippen LogP contribution is -2.18. The predicted octanol–water partition coefficient (Wildman–Crippen LogP) is 7.48. The number of benzene rings is 3. The first-order chi connectivity index (χ1) is 17.5. The number of rotatable bonds is 7. The number of carbonyl (C=O) groups excluding carboxylic acids is 1. The molecule has 5 rings (SSSR count). The largest absolute Gasteiger partial charge is 0.469 e. The average Bonchev–Trinajstić information content (AvgIpc) is 3.33. The number of aryl methyl sites for hydroxylation is 1. The van der Waals surface area contributed by atoms with Crippen molar-refractivity contribution in [3.8, 4) is 22.5 Å². The molecule has 0 atom stereocenters. The summed E-state index contributed by atoms with van der Waals surface area (Å²) in [6, 6.07) is 18.7. The van der Waals surface area contributed by atoms with Crippen molar-refractivity contribution in [2.75, 3.05) is 7.11 Å². The van der Waals surface area contributed by atoms with E-state index in [0.29, 0.717) is 23.7 Å². The third-order valence-electron chi connectivity index (χ3n) is 7.44. The maximum atomic E-state index is 14.0. The molecule has 0 bridgehead atoms. The van der Waals surface area contributed by atoms with Gasteiger partial charge in [0.1, 0.15) is 17.2 Å². The van der Waals surface area contributed by atoms with Crippen molar-refractivity contribution >= 4 is 17.0 Å². The quantitative estimate of drug-likeness (QED) is 0.274. The Hall–Kier alpha value is -3.54. The molecule has 0 unspecified atom stereocenters. The van der Waals surface area contributed by atoms with Gasteiger partial charge in [0.25, 0.3) is 0 Å². The zero-order valence-electron chi connectivity index (χ0n) is 20.4. The molecule has 0 amide bonds. The monoisotopic (exact) mass is 488 g/mol. The molecular formula is C30H30F2N2O2. The number of nitrogens with one attached hydrogen (secondary N) is 1. The topological polar surface area (TPSA) is 55.0 Å². The van der Waals surface area contributed by atoms with Gasteiger partial charge in [-0.3, -0.25) is 4.79 Å². The first-order valence-corrected chi connectivity index (χ1v) is 12.6. The number of esters is 1. The van der Waals surface area contributed by atoms with Crippen LogP contribution in [0.25, 0.3) is 33.5 Å². The summed E-state index contributed by atoms with van der Waals surface area (Å²) in [4.78, 5) is 18.8. The number of imidazole rings is 1. The van der Waals surface area contributed by atoms with Crippen LogP contribution in [0.1, 0.15) is 44.1 Å². The van der Waals surface area contributed by atoms with Crippen molar-refractivity contribution in [3.05, 3.63) is 77.9 Å². The first-order valence-electron chi connectivity index (χ1n) is 12.6.